The summed E-state index contributed by atoms with van der Waals surface area (Å²) in [4.78, 5) is 47.1. The second kappa shape index (κ2) is 14.1. The summed E-state index contributed by atoms with van der Waals surface area (Å²) in [5, 5.41) is 15.0. The molecule has 50 heavy (non-hydrogen) atoms. The van der Waals surface area contributed by atoms with Crippen LogP contribution in [0.1, 0.15) is 60.6 Å². The standard InChI is InChI=1S/C35H43BrN8O5S/c1-6-8-13-50(48,49)42(5)20-35-15-28(34(47)40-33-23(7-2)10-12-30(36)39-33)44(29(35)16-35)31(46)19-43-27-11-9-24(25-17-37-22(4)38-18-25)14-26(27)32(41-43)21(3)45/h6-7,9-12,14,22,25,28-29,37-38H,1-2,8,13,15-20H2,3-5H3,(H,39,40,47)/t22?,25?,28-,29+,35-/m0/s1. The van der Waals surface area contributed by atoms with Gasteiger partial charge in [-0.3, -0.25) is 19.1 Å². The molecule has 3 aliphatic rings. The highest BCUT2D eigenvalue weighted by Crippen LogP contribution is 2.60. The van der Waals surface area contributed by atoms with Crippen molar-refractivity contribution in [1.29, 1.82) is 0 Å². The molecule has 0 bridgehead atoms. The first kappa shape index (κ1) is 36.0. The quantitative estimate of drug-likeness (QED) is 0.135. The Balaban J connectivity index is 1.30. The van der Waals surface area contributed by atoms with Crippen LogP contribution in [0.15, 0.2) is 54.2 Å². The maximum atomic E-state index is 14.3. The summed E-state index contributed by atoms with van der Waals surface area (Å²) in [6.45, 7) is 12.5. The Morgan fingerprint density at radius 1 is 1.16 bits per heavy atom. The van der Waals surface area contributed by atoms with Crippen molar-refractivity contribution in [2.24, 2.45) is 5.41 Å². The minimum atomic E-state index is -3.57. The van der Waals surface area contributed by atoms with Gasteiger partial charge < -0.3 is 20.9 Å². The van der Waals surface area contributed by atoms with Gasteiger partial charge in [-0.25, -0.2) is 17.7 Å². The van der Waals surface area contributed by atoms with Gasteiger partial charge in [-0.05, 0) is 71.9 Å². The van der Waals surface area contributed by atoms with Crippen molar-refractivity contribution >= 4 is 66.3 Å². The number of nitrogens with zero attached hydrogens (tertiary/aromatic N) is 5. The molecule has 0 radical (unpaired) electrons. The lowest BCUT2D eigenvalue weighted by Gasteiger charge is -2.29. The fraction of sp³-hybridized carbons (Fsp3) is 0.457. The number of pyridine rings is 1. The van der Waals surface area contributed by atoms with Crippen molar-refractivity contribution < 1.29 is 22.8 Å². The molecule has 3 aromatic rings. The summed E-state index contributed by atoms with van der Waals surface area (Å²) in [6, 6.07) is 8.13. The first-order valence-corrected chi connectivity index (χ1v) is 19.1. The van der Waals surface area contributed by atoms with Crippen molar-refractivity contribution in [1.82, 2.24) is 34.6 Å². The number of carbonyl (C=O) groups is 3. The number of nitrogens with one attached hydrogen (secondary N) is 3. The summed E-state index contributed by atoms with van der Waals surface area (Å²) in [5.74, 6) is -0.573. The maximum absolute atomic E-state index is 14.3. The monoisotopic (exact) mass is 766 g/mol. The predicted octanol–water partition coefficient (Wildman–Crippen LogP) is 3.50. The highest BCUT2D eigenvalue weighted by molar-refractivity contribution is 9.10. The lowest BCUT2D eigenvalue weighted by molar-refractivity contribution is -0.138. The number of carbonyl (C=O) groups excluding carboxylic acids is 3. The number of likely N-dealkylation sites (tertiary alicyclic amines) is 1. The number of halogens is 1. The average molecular weight is 768 g/mol. The van der Waals surface area contributed by atoms with Gasteiger partial charge in [0.2, 0.25) is 21.8 Å². The van der Waals surface area contributed by atoms with Gasteiger partial charge in [0, 0.05) is 61.9 Å². The minimum Gasteiger partial charge on any atom is -0.325 e. The van der Waals surface area contributed by atoms with Crippen LogP contribution >= 0.6 is 15.9 Å². The number of fused-ring (bicyclic) bond motifs is 2. The van der Waals surface area contributed by atoms with Crippen molar-refractivity contribution in [3.8, 4) is 0 Å². The molecule has 3 atom stereocenters. The van der Waals surface area contributed by atoms with Crippen LogP contribution in [0.5, 0.6) is 0 Å². The second-order valence-corrected chi connectivity index (χ2v) is 16.6. The lowest BCUT2D eigenvalue weighted by atomic mass is 9.95. The van der Waals surface area contributed by atoms with E-state index in [1.165, 1.54) is 23.0 Å². The molecule has 266 valence electrons. The first-order chi connectivity index (χ1) is 23.8. The summed E-state index contributed by atoms with van der Waals surface area (Å²) in [6.07, 6.45) is 4.51. The van der Waals surface area contributed by atoms with E-state index < -0.39 is 27.4 Å². The molecule has 15 heteroatoms. The van der Waals surface area contributed by atoms with Crippen LogP contribution in [-0.2, 0) is 26.2 Å². The number of sulfonamides is 1. The number of rotatable bonds is 13. The van der Waals surface area contributed by atoms with Crippen LogP contribution in [0, 0.1) is 5.41 Å². The molecular formula is C35H43BrN8O5S. The smallest absolute Gasteiger partial charge is 0.248 e. The third-order valence-electron chi connectivity index (χ3n) is 10.2. The molecule has 1 aromatic carbocycles. The van der Waals surface area contributed by atoms with Gasteiger partial charge in [0.05, 0.1) is 17.4 Å². The largest absolute Gasteiger partial charge is 0.325 e. The van der Waals surface area contributed by atoms with Crippen LogP contribution in [-0.4, -0.2) is 101 Å². The molecule has 3 fully saturated rings. The van der Waals surface area contributed by atoms with Gasteiger partial charge in [-0.1, -0.05) is 24.8 Å². The lowest BCUT2D eigenvalue weighted by Crippen LogP contribution is -2.49. The highest BCUT2D eigenvalue weighted by Gasteiger charge is 2.67. The molecule has 0 spiro atoms. The van der Waals surface area contributed by atoms with E-state index in [1.54, 1.807) is 29.2 Å². The Bertz CT molecular complexity index is 1970. The van der Waals surface area contributed by atoms with Crippen LogP contribution < -0.4 is 16.0 Å². The van der Waals surface area contributed by atoms with E-state index >= 15 is 0 Å². The second-order valence-electron chi connectivity index (χ2n) is 13.6. The number of benzene rings is 1. The van der Waals surface area contributed by atoms with Crippen molar-refractivity contribution in [2.45, 2.75) is 63.8 Å². The Morgan fingerprint density at radius 2 is 1.90 bits per heavy atom. The Morgan fingerprint density at radius 3 is 2.58 bits per heavy atom. The molecule has 2 aliphatic heterocycles. The fourth-order valence-corrected chi connectivity index (χ4v) is 8.88. The molecule has 2 amide bonds. The van der Waals surface area contributed by atoms with Gasteiger partial charge in [-0.15, -0.1) is 6.58 Å². The molecule has 0 unspecified atom stereocenters. The van der Waals surface area contributed by atoms with Crippen molar-refractivity contribution in [3.05, 3.63) is 71.0 Å². The zero-order valence-corrected chi connectivity index (χ0v) is 30.9. The fourth-order valence-electron chi connectivity index (χ4n) is 7.34. The topological polar surface area (TPSA) is 159 Å². The number of Topliss-reactive ketones (excluding diaryl/α,β-unsaturated/α-hetero) is 1. The number of hydrogen-bond acceptors (Lipinski definition) is 9. The van der Waals surface area contributed by atoms with Gasteiger partial charge in [0.25, 0.3) is 0 Å². The molecule has 1 aliphatic carbocycles. The normalized spacial score (nSPS) is 24.6. The highest BCUT2D eigenvalue weighted by atomic mass is 79.9. The third-order valence-corrected chi connectivity index (χ3v) is 12.4. The third kappa shape index (κ3) is 7.06. The van der Waals surface area contributed by atoms with Gasteiger partial charge >= 0.3 is 0 Å². The number of hydrogen-bond donors (Lipinski definition) is 3. The predicted molar refractivity (Wildman–Crippen MR) is 196 cm³/mol. The van der Waals surface area contributed by atoms with Crippen LogP contribution in [0.4, 0.5) is 5.82 Å². The molecule has 4 heterocycles. The molecule has 3 N–H and O–H groups in total. The summed E-state index contributed by atoms with van der Waals surface area (Å²) < 4.78 is 29.4. The number of allylic oxidation sites excluding steroid dienone is 1. The molecule has 2 aromatic heterocycles. The van der Waals surface area contributed by atoms with E-state index in [0.717, 1.165) is 18.7 Å². The maximum Gasteiger partial charge on any atom is 0.248 e. The van der Waals surface area contributed by atoms with E-state index in [2.05, 4.69) is 62.0 Å². The SMILES string of the molecule is C=CCCS(=O)(=O)N(C)C[C@@]12C[C@@H](C(=O)Nc3nc(Br)ccc3C=C)N(C(=O)Cn3nc(C(C)=O)c4cc(C5CNC(C)NC5)ccc43)[C@@H]1C2. The summed E-state index contributed by atoms with van der Waals surface area (Å²) >= 11 is 3.35. The number of amides is 2. The van der Waals surface area contributed by atoms with Gasteiger partial charge in [0.1, 0.15) is 28.7 Å². The van der Waals surface area contributed by atoms with Crippen LogP contribution in [0.2, 0.25) is 0 Å². The van der Waals surface area contributed by atoms with Crippen LogP contribution in [0.25, 0.3) is 17.0 Å². The molecule has 2 saturated heterocycles. The Labute approximate surface area is 300 Å². The number of ketones is 1. The first-order valence-electron chi connectivity index (χ1n) is 16.7. The van der Waals surface area contributed by atoms with Crippen molar-refractivity contribution in [2.75, 3.05) is 37.8 Å². The molecule has 6 rings (SSSR count). The molecule has 13 nitrogen and oxygen atoms in total. The molecule has 1 saturated carbocycles. The summed E-state index contributed by atoms with van der Waals surface area (Å²) in [5.41, 5.74) is 2.00. The Kier molecular flexibility index (Phi) is 10.2. The summed E-state index contributed by atoms with van der Waals surface area (Å²) in [7, 11) is -2.04. The van der Waals surface area contributed by atoms with Gasteiger partial charge in [0.15, 0.2) is 5.78 Å². The zero-order valence-electron chi connectivity index (χ0n) is 28.5. The van der Waals surface area contributed by atoms with E-state index in [1.807, 2.05) is 18.2 Å². The van der Waals surface area contributed by atoms with E-state index in [9.17, 15) is 22.8 Å². The minimum absolute atomic E-state index is 0.0708. The van der Waals surface area contributed by atoms with Crippen LogP contribution in [0.3, 0.4) is 0 Å². The average Bonchev–Trinajstić information content (AvgIpc) is 3.48. The van der Waals surface area contributed by atoms with E-state index in [-0.39, 0.29) is 60.8 Å². The number of aromatic nitrogens is 3. The van der Waals surface area contributed by atoms with Gasteiger partial charge in [-0.2, -0.15) is 5.10 Å². The molecular weight excluding hydrogens is 724 g/mol. The van der Waals surface area contributed by atoms with E-state index in [4.69, 9.17) is 0 Å². The number of anilines is 1. The zero-order chi connectivity index (χ0) is 36.0. The van der Waals surface area contributed by atoms with E-state index in [0.29, 0.717) is 39.7 Å². The number of piperidine rings is 1. The van der Waals surface area contributed by atoms with Crippen molar-refractivity contribution in [3.63, 3.8) is 0 Å². The Hall–Kier alpha value is -3.76.